The van der Waals surface area contributed by atoms with Crippen molar-refractivity contribution in [2.75, 3.05) is 19.6 Å². The van der Waals surface area contributed by atoms with Crippen molar-refractivity contribution >= 4 is 0 Å². The van der Waals surface area contributed by atoms with Crippen LogP contribution in [0, 0.1) is 5.92 Å². The van der Waals surface area contributed by atoms with E-state index in [2.05, 4.69) is 4.90 Å². The Hall–Kier alpha value is -0.0800. The van der Waals surface area contributed by atoms with E-state index in [-0.39, 0.29) is 0 Å². The Bertz CT molecular complexity index is 154. The zero-order valence-electron chi connectivity index (χ0n) is 8.54. The highest BCUT2D eigenvalue weighted by atomic mass is 15.2. The lowest BCUT2D eigenvalue weighted by molar-refractivity contribution is 0.152. The molecule has 2 aliphatic rings. The standard InChI is InChI=1S/C11H22N2/c12-7-2-3-10-6-8-13(9-10)11-4-1-5-11/h10-11H,1-9,12H2. The minimum absolute atomic E-state index is 0.875. The van der Waals surface area contributed by atoms with Gasteiger partial charge in [0.25, 0.3) is 0 Å². The van der Waals surface area contributed by atoms with Crippen molar-refractivity contribution in [2.24, 2.45) is 11.7 Å². The molecular weight excluding hydrogens is 160 g/mol. The van der Waals surface area contributed by atoms with Crippen molar-refractivity contribution in [2.45, 2.75) is 44.6 Å². The molecule has 1 aliphatic carbocycles. The van der Waals surface area contributed by atoms with Crippen LogP contribution in [0.1, 0.15) is 38.5 Å². The van der Waals surface area contributed by atoms with Gasteiger partial charge in [0.05, 0.1) is 0 Å². The van der Waals surface area contributed by atoms with E-state index in [1.54, 1.807) is 0 Å². The van der Waals surface area contributed by atoms with Crippen LogP contribution in [0.4, 0.5) is 0 Å². The second kappa shape index (κ2) is 4.43. The maximum atomic E-state index is 5.52. The second-order valence-electron chi connectivity index (χ2n) is 4.67. The number of nitrogens with two attached hydrogens (primary N) is 1. The number of rotatable bonds is 4. The van der Waals surface area contributed by atoms with E-state index in [0.29, 0.717) is 0 Å². The van der Waals surface area contributed by atoms with Crippen molar-refractivity contribution in [1.82, 2.24) is 4.90 Å². The van der Waals surface area contributed by atoms with Crippen molar-refractivity contribution in [1.29, 1.82) is 0 Å². The van der Waals surface area contributed by atoms with Crippen LogP contribution in [0.15, 0.2) is 0 Å². The van der Waals surface area contributed by atoms with Crippen LogP contribution in [0.25, 0.3) is 0 Å². The lowest BCUT2D eigenvalue weighted by atomic mass is 9.92. The summed E-state index contributed by atoms with van der Waals surface area (Å²) in [6.45, 7) is 3.60. The summed E-state index contributed by atoms with van der Waals surface area (Å²) in [5, 5.41) is 0. The predicted molar refractivity (Wildman–Crippen MR) is 55.6 cm³/mol. The predicted octanol–water partition coefficient (Wildman–Crippen LogP) is 1.60. The lowest BCUT2D eigenvalue weighted by Gasteiger charge is -2.34. The molecule has 0 amide bonds. The first-order chi connectivity index (χ1) is 6.40. The van der Waals surface area contributed by atoms with E-state index in [1.165, 1.54) is 51.6 Å². The molecule has 0 aromatic carbocycles. The fourth-order valence-corrected chi connectivity index (χ4v) is 2.59. The molecule has 1 aliphatic heterocycles. The third-order valence-corrected chi connectivity index (χ3v) is 3.72. The van der Waals surface area contributed by atoms with E-state index >= 15 is 0 Å². The Kier molecular flexibility index (Phi) is 3.23. The van der Waals surface area contributed by atoms with Gasteiger partial charge < -0.3 is 10.6 Å². The molecule has 13 heavy (non-hydrogen) atoms. The summed E-state index contributed by atoms with van der Waals surface area (Å²) in [5.41, 5.74) is 5.52. The van der Waals surface area contributed by atoms with Gasteiger partial charge >= 0.3 is 0 Å². The summed E-state index contributed by atoms with van der Waals surface area (Å²) in [7, 11) is 0. The van der Waals surface area contributed by atoms with Gasteiger partial charge in [0, 0.05) is 12.6 Å². The Morgan fingerprint density at radius 1 is 1.23 bits per heavy atom. The van der Waals surface area contributed by atoms with Gasteiger partial charge in [-0.25, -0.2) is 0 Å². The Labute approximate surface area is 81.5 Å². The normalized spacial score (nSPS) is 30.7. The monoisotopic (exact) mass is 182 g/mol. The van der Waals surface area contributed by atoms with Gasteiger partial charge in [-0.15, -0.1) is 0 Å². The number of hydrogen-bond acceptors (Lipinski definition) is 2. The van der Waals surface area contributed by atoms with E-state index in [9.17, 15) is 0 Å². The summed E-state index contributed by atoms with van der Waals surface area (Å²) in [6.07, 6.45) is 8.40. The molecule has 2 rings (SSSR count). The molecule has 1 atom stereocenters. The lowest BCUT2D eigenvalue weighted by Crippen LogP contribution is -2.38. The van der Waals surface area contributed by atoms with Gasteiger partial charge in [0.15, 0.2) is 0 Å². The smallest absolute Gasteiger partial charge is 0.00953 e. The van der Waals surface area contributed by atoms with Gasteiger partial charge in [0.2, 0.25) is 0 Å². The SMILES string of the molecule is NCCCC1CCN(C2CCC2)C1. The summed E-state index contributed by atoms with van der Waals surface area (Å²) in [5.74, 6) is 0.962. The van der Waals surface area contributed by atoms with E-state index < -0.39 is 0 Å². The molecule has 1 heterocycles. The Morgan fingerprint density at radius 3 is 2.69 bits per heavy atom. The van der Waals surface area contributed by atoms with Crippen molar-refractivity contribution in [3.8, 4) is 0 Å². The molecule has 76 valence electrons. The number of nitrogens with zero attached hydrogens (tertiary/aromatic N) is 1. The molecule has 0 radical (unpaired) electrons. The fraction of sp³-hybridized carbons (Fsp3) is 1.00. The topological polar surface area (TPSA) is 29.3 Å². The van der Waals surface area contributed by atoms with Crippen LogP contribution in [0.3, 0.4) is 0 Å². The molecule has 2 fully saturated rings. The second-order valence-corrected chi connectivity index (χ2v) is 4.67. The van der Waals surface area contributed by atoms with Gasteiger partial charge in [-0.2, -0.15) is 0 Å². The summed E-state index contributed by atoms with van der Waals surface area (Å²) < 4.78 is 0. The van der Waals surface area contributed by atoms with E-state index in [0.717, 1.165) is 18.5 Å². The molecule has 1 saturated heterocycles. The van der Waals surface area contributed by atoms with Crippen LogP contribution < -0.4 is 5.73 Å². The highest BCUT2D eigenvalue weighted by Gasteiger charge is 2.30. The van der Waals surface area contributed by atoms with Gasteiger partial charge in [-0.3, -0.25) is 0 Å². The Morgan fingerprint density at radius 2 is 2.08 bits per heavy atom. The summed E-state index contributed by atoms with van der Waals surface area (Å²) in [4.78, 5) is 2.71. The van der Waals surface area contributed by atoms with Crippen LogP contribution in [-0.4, -0.2) is 30.6 Å². The highest BCUT2D eigenvalue weighted by molar-refractivity contribution is 4.85. The highest BCUT2D eigenvalue weighted by Crippen LogP contribution is 2.30. The average Bonchev–Trinajstić information content (AvgIpc) is 2.46. The molecule has 0 aromatic heterocycles. The summed E-state index contributed by atoms with van der Waals surface area (Å²) in [6, 6.07) is 0.961. The van der Waals surface area contributed by atoms with Gasteiger partial charge in [-0.05, 0) is 51.1 Å². The zero-order valence-corrected chi connectivity index (χ0v) is 8.54. The number of likely N-dealkylation sites (tertiary alicyclic amines) is 1. The molecule has 1 saturated carbocycles. The van der Waals surface area contributed by atoms with Gasteiger partial charge in [0.1, 0.15) is 0 Å². The average molecular weight is 182 g/mol. The molecule has 2 nitrogen and oxygen atoms in total. The molecule has 2 heteroatoms. The molecule has 1 unspecified atom stereocenters. The van der Waals surface area contributed by atoms with Gasteiger partial charge in [-0.1, -0.05) is 6.42 Å². The Balaban J connectivity index is 1.67. The van der Waals surface area contributed by atoms with E-state index in [4.69, 9.17) is 5.73 Å². The third-order valence-electron chi connectivity index (χ3n) is 3.72. The minimum atomic E-state index is 0.875. The molecule has 2 N–H and O–H groups in total. The van der Waals surface area contributed by atoms with Crippen LogP contribution in [-0.2, 0) is 0 Å². The van der Waals surface area contributed by atoms with Crippen LogP contribution in [0.5, 0.6) is 0 Å². The quantitative estimate of drug-likeness (QED) is 0.715. The molecule has 0 bridgehead atoms. The first kappa shape index (κ1) is 9.47. The van der Waals surface area contributed by atoms with Crippen LogP contribution in [0.2, 0.25) is 0 Å². The van der Waals surface area contributed by atoms with Crippen molar-refractivity contribution < 1.29 is 0 Å². The number of hydrogen-bond donors (Lipinski definition) is 1. The zero-order chi connectivity index (χ0) is 9.10. The third kappa shape index (κ3) is 2.23. The van der Waals surface area contributed by atoms with Crippen LogP contribution >= 0.6 is 0 Å². The first-order valence-electron chi connectivity index (χ1n) is 5.84. The maximum absolute atomic E-state index is 5.52. The fourth-order valence-electron chi connectivity index (χ4n) is 2.59. The minimum Gasteiger partial charge on any atom is -0.330 e. The first-order valence-corrected chi connectivity index (χ1v) is 5.84. The van der Waals surface area contributed by atoms with Crippen molar-refractivity contribution in [3.05, 3.63) is 0 Å². The summed E-state index contributed by atoms with van der Waals surface area (Å²) >= 11 is 0. The molecular formula is C11H22N2. The van der Waals surface area contributed by atoms with E-state index in [1.807, 2.05) is 0 Å². The largest absolute Gasteiger partial charge is 0.330 e. The molecule has 0 aromatic rings. The van der Waals surface area contributed by atoms with Crippen molar-refractivity contribution in [3.63, 3.8) is 0 Å². The molecule has 0 spiro atoms. The maximum Gasteiger partial charge on any atom is 0.00953 e.